The summed E-state index contributed by atoms with van der Waals surface area (Å²) in [5, 5.41) is 4.11. The van der Waals surface area contributed by atoms with Gasteiger partial charge in [-0.05, 0) is 80.8 Å². The minimum absolute atomic E-state index is 0.00306. The molecule has 1 aliphatic carbocycles. The van der Waals surface area contributed by atoms with Gasteiger partial charge >= 0.3 is 0 Å². The molecule has 0 aliphatic heterocycles. The second-order valence-electron chi connectivity index (χ2n) is 10.7. The van der Waals surface area contributed by atoms with E-state index in [1.807, 2.05) is 0 Å². The van der Waals surface area contributed by atoms with Gasteiger partial charge in [-0.1, -0.05) is 72.3 Å². The summed E-state index contributed by atoms with van der Waals surface area (Å²) in [6.07, 6.45) is 4.94. The van der Waals surface area contributed by atoms with Crippen molar-refractivity contribution in [3.63, 3.8) is 0 Å². The van der Waals surface area contributed by atoms with Crippen molar-refractivity contribution in [2.45, 2.75) is 69.5 Å². The third-order valence-corrected chi connectivity index (χ3v) is 10.3. The number of para-hydroxylation sites is 2. The average molecular weight is 681 g/mol. The summed E-state index contributed by atoms with van der Waals surface area (Å²) in [6, 6.07) is 16.4. The molecule has 2 amide bonds. The Kier molecular flexibility index (Phi) is 11.8. The van der Waals surface area contributed by atoms with Crippen molar-refractivity contribution >= 4 is 62.3 Å². The van der Waals surface area contributed by atoms with Gasteiger partial charge in [-0.2, -0.15) is 0 Å². The number of amides is 2. The van der Waals surface area contributed by atoms with Gasteiger partial charge in [0.2, 0.25) is 11.8 Å². The van der Waals surface area contributed by atoms with Crippen LogP contribution in [0.5, 0.6) is 5.75 Å². The van der Waals surface area contributed by atoms with E-state index in [0.717, 1.165) is 36.4 Å². The lowest BCUT2D eigenvalue weighted by Gasteiger charge is -2.33. The van der Waals surface area contributed by atoms with Crippen molar-refractivity contribution in [3.8, 4) is 5.75 Å². The molecule has 0 heterocycles. The second-order valence-corrected chi connectivity index (χ2v) is 13.8. The zero-order valence-corrected chi connectivity index (χ0v) is 27.7. The van der Waals surface area contributed by atoms with E-state index in [0.29, 0.717) is 26.4 Å². The Balaban J connectivity index is 1.73. The Hall–Kier alpha value is -2.98. The van der Waals surface area contributed by atoms with Gasteiger partial charge < -0.3 is 15.0 Å². The molecule has 1 atom stereocenters. The van der Waals surface area contributed by atoms with Crippen LogP contribution in [0.1, 0.15) is 51.5 Å². The zero-order chi connectivity index (χ0) is 31.9. The van der Waals surface area contributed by atoms with E-state index in [1.54, 1.807) is 56.3 Å². The Bertz CT molecular complexity index is 1560. The maximum absolute atomic E-state index is 14.2. The van der Waals surface area contributed by atoms with Gasteiger partial charge in [0.15, 0.2) is 0 Å². The van der Waals surface area contributed by atoms with Crippen LogP contribution in [-0.4, -0.2) is 50.4 Å². The molecule has 0 unspecified atom stereocenters. The Labute approximate surface area is 274 Å². The molecule has 3 aromatic carbocycles. The highest BCUT2D eigenvalue weighted by molar-refractivity contribution is 7.92. The van der Waals surface area contributed by atoms with Crippen molar-refractivity contribution in [1.82, 2.24) is 10.2 Å². The van der Waals surface area contributed by atoms with Gasteiger partial charge in [0, 0.05) is 17.6 Å². The first-order chi connectivity index (χ1) is 21.0. The molecule has 0 spiro atoms. The van der Waals surface area contributed by atoms with Crippen LogP contribution in [0.15, 0.2) is 71.6 Å². The van der Waals surface area contributed by atoms with Crippen molar-refractivity contribution in [2.75, 3.05) is 17.5 Å². The van der Waals surface area contributed by atoms with Crippen molar-refractivity contribution in [1.29, 1.82) is 0 Å². The molecule has 0 aromatic heterocycles. The quantitative estimate of drug-likeness (QED) is 0.220. The number of nitrogens with one attached hydrogen (secondary N) is 1. The lowest BCUT2D eigenvalue weighted by atomic mass is 9.95. The molecule has 1 N–H and O–H groups in total. The number of rotatable bonds is 12. The first-order valence-electron chi connectivity index (χ1n) is 14.5. The molecule has 0 bridgehead atoms. The summed E-state index contributed by atoms with van der Waals surface area (Å²) < 4.78 is 35.0. The van der Waals surface area contributed by atoms with E-state index in [9.17, 15) is 18.0 Å². The van der Waals surface area contributed by atoms with Crippen LogP contribution in [-0.2, 0) is 26.2 Å². The van der Waals surface area contributed by atoms with Gasteiger partial charge in [0.25, 0.3) is 10.0 Å². The van der Waals surface area contributed by atoms with Crippen LogP contribution < -0.4 is 14.4 Å². The number of hydrogen-bond acceptors (Lipinski definition) is 5. The highest BCUT2D eigenvalue weighted by atomic mass is 35.5. The lowest BCUT2D eigenvalue weighted by molar-refractivity contribution is -0.139. The van der Waals surface area contributed by atoms with Crippen LogP contribution >= 0.6 is 34.8 Å². The van der Waals surface area contributed by atoms with Crippen molar-refractivity contribution in [3.05, 3.63) is 87.4 Å². The molecule has 0 radical (unpaired) electrons. The predicted octanol–water partition coefficient (Wildman–Crippen LogP) is 7.11. The number of nitrogens with zero attached hydrogens (tertiary/aromatic N) is 2. The smallest absolute Gasteiger partial charge is 0.264 e. The Morgan fingerprint density at radius 1 is 0.955 bits per heavy atom. The molecule has 8 nitrogen and oxygen atoms in total. The number of hydrogen-bond donors (Lipinski definition) is 1. The SMILES string of the molecule is CCOc1ccccc1N(CC(=O)N(Cc1ccc(Cl)c(Cl)c1)[C@H](C)C(=O)NC1CCCCC1)S(=O)(=O)c1ccc(Cl)cc1. The van der Waals surface area contributed by atoms with E-state index in [2.05, 4.69) is 5.32 Å². The number of halogens is 3. The summed E-state index contributed by atoms with van der Waals surface area (Å²) in [4.78, 5) is 29.0. The summed E-state index contributed by atoms with van der Waals surface area (Å²) in [7, 11) is -4.29. The zero-order valence-electron chi connectivity index (χ0n) is 24.6. The molecule has 1 saturated carbocycles. The van der Waals surface area contributed by atoms with Gasteiger partial charge in [0.05, 0.1) is 27.2 Å². The van der Waals surface area contributed by atoms with E-state index >= 15 is 0 Å². The molecule has 44 heavy (non-hydrogen) atoms. The first-order valence-corrected chi connectivity index (χ1v) is 17.1. The minimum atomic E-state index is -4.29. The molecule has 4 rings (SSSR count). The molecule has 1 aliphatic rings. The fourth-order valence-electron chi connectivity index (χ4n) is 5.17. The number of ether oxygens (including phenoxy) is 1. The van der Waals surface area contributed by atoms with Crippen LogP contribution in [0.2, 0.25) is 15.1 Å². The fourth-order valence-corrected chi connectivity index (χ4v) is 7.05. The molecular formula is C32H36Cl3N3O5S. The predicted molar refractivity (Wildman–Crippen MR) is 175 cm³/mol. The minimum Gasteiger partial charge on any atom is -0.492 e. The molecule has 1 fully saturated rings. The number of benzene rings is 3. The third kappa shape index (κ3) is 8.38. The molecule has 12 heteroatoms. The fraction of sp³-hybridized carbons (Fsp3) is 0.375. The maximum atomic E-state index is 14.2. The normalized spacial score (nSPS) is 14.5. The number of sulfonamides is 1. The van der Waals surface area contributed by atoms with Gasteiger partial charge in [-0.25, -0.2) is 8.42 Å². The summed E-state index contributed by atoms with van der Waals surface area (Å²) >= 11 is 18.4. The molecular weight excluding hydrogens is 645 g/mol. The van der Waals surface area contributed by atoms with E-state index in [4.69, 9.17) is 39.5 Å². The monoisotopic (exact) mass is 679 g/mol. The third-order valence-electron chi connectivity index (χ3n) is 7.57. The van der Waals surface area contributed by atoms with Crippen LogP contribution in [0.4, 0.5) is 5.69 Å². The Morgan fingerprint density at radius 3 is 2.30 bits per heavy atom. The topological polar surface area (TPSA) is 96.0 Å². The van der Waals surface area contributed by atoms with Crippen LogP contribution in [0.25, 0.3) is 0 Å². The first kappa shape index (κ1) is 33.9. The number of anilines is 1. The number of carbonyl (C=O) groups excluding carboxylic acids is 2. The highest BCUT2D eigenvalue weighted by Crippen LogP contribution is 2.33. The maximum Gasteiger partial charge on any atom is 0.264 e. The standard InChI is InChI=1S/C32H36Cl3N3O5S/c1-3-43-30-12-8-7-11-29(30)38(44(41,42)26-16-14-24(33)15-17-26)21-31(39)37(20-23-13-18-27(34)28(35)19-23)22(2)32(40)36-25-9-5-4-6-10-25/h7-8,11-19,22,25H,3-6,9-10,20-21H2,1-2H3,(H,36,40)/t22-/m1/s1. The van der Waals surface area contributed by atoms with Gasteiger partial charge in [0.1, 0.15) is 18.3 Å². The molecule has 236 valence electrons. The van der Waals surface area contributed by atoms with E-state index < -0.39 is 28.5 Å². The average Bonchev–Trinajstić information content (AvgIpc) is 3.01. The van der Waals surface area contributed by atoms with Crippen LogP contribution in [0.3, 0.4) is 0 Å². The largest absolute Gasteiger partial charge is 0.492 e. The van der Waals surface area contributed by atoms with Gasteiger partial charge in [-0.3, -0.25) is 13.9 Å². The van der Waals surface area contributed by atoms with Crippen molar-refractivity contribution in [2.24, 2.45) is 0 Å². The van der Waals surface area contributed by atoms with E-state index in [1.165, 1.54) is 29.2 Å². The Morgan fingerprint density at radius 2 is 1.64 bits per heavy atom. The summed E-state index contributed by atoms with van der Waals surface area (Å²) in [5.41, 5.74) is 0.818. The van der Waals surface area contributed by atoms with Crippen LogP contribution in [0, 0.1) is 0 Å². The second kappa shape index (κ2) is 15.3. The summed E-state index contributed by atoms with van der Waals surface area (Å²) in [5.74, 6) is -0.613. The molecule has 0 saturated heterocycles. The lowest BCUT2D eigenvalue weighted by Crippen LogP contribution is -2.53. The van der Waals surface area contributed by atoms with Crippen molar-refractivity contribution < 1.29 is 22.7 Å². The molecule has 3 aromatic rings. The summed E-state index contributed by atoms with van der Waals surface area (Å²) in [6.45, 7) is 3.10. The number of carbonyl (C=O) groups is 2. The van der Waals surface area contributed by atoms with Gasteiger partial charge in [-0.15, -0.1) is 0 Å². The van der Waals surface area contributed by atoms with E-state index in [-0.39, 0.29) is 35.7 Å². The highest BCUT2D eigenvalue weighted by Gasteiger charge is 2.34.